The first-order valence-corrected chi connectivity index (χ1v) is 5.64. The van der Waals surface area contributed by atoms with E-state index in [1.165, 1.54) is 24.3 Å². The molecule has 0 amide bonds. The highest BCUT2D eigenvalue weighted by atomic mass is 35.5. The Hall–Kier alpha value is -2.38. The summed E-state index contributed by atoms with van der Waals surface area (Å²) in [7, 11) is 0. The van der Waals surface area contributed by atoms with E-state index in [1.807, 2.05) is 6.07 Å². The molecule has 94 valence electrons. The van der Waals surface area contributed by atoms with Crippen LogP contribution in [0, 0.1) is 17.1 Å². The summed E-state index contributed by atoms with van der Waals surface area (Å²) in [6, 6.07) is 10.2. The van der Waals surface area contributed by atoms with Crippen LogP contribution in [0.3, 0.4) is 0 Å². The number of halogens is 2. The van der Waals surface area contributed by atoms with Gasteiger partial charge in [0.25, 0.3) is 0 Å². The van der Waals surface area contributed by atoms with E-state index in [9.17, 15) is 9.18 Å². The van der Waals surface area contributed by atoms with Gasteiger partial charge in [-0.05, 0) is 30.3 Å². The molecule has 0 atom stereocenters. The SMILES string of the molecule is N#Cc1ccc(Oc2cccc(Cl)c2C=O)c(F)c1. The van der Waals surface area contributed by atoms with Crippen LogP contribution in [0.4, 0.5) is 4.39 Å². The van der Waals surface area contributed by atoms with Crippen LogP contribution in [0.15, 0.2) is 36.4 Å². The first-order chi connectivity index (χ1) is 9.15. The molecule has 0 aliphatic heterocycles. The molecule has 3 nitrogen and oxygen atoms in total. The van der Waals surface area contributed by atoms with Gasteiger partial charge in [0.2, 0.25) is 0 Å². The molecule has 5 heteroatoms. The van der Waals surface area contributed by atoms with Crippen molar-refractivity contribution in [3.8, 4) is 17.6 Å². The molecular formula is C14H7ClFNO2. The van der Waals surface area contributed by atoms with Gasteiger partial charge in [0.15, 0.2) is 17.9 Å². The van der Waals surface area contributed by atoms with Crippen molar-refractivity contribution < 1.29 is 13.9 Å². The number of aldehydes is 1. The second-order valence-electron chi connectivity index (χ2n) is 3.63. The lowest BCUT2D eigenvalue weighted by atomic mass is 10.2. The minimum Gasteiger partial charge on any atom is -0.453 e. The topological polar surface area (TPSA) is 50.1 Å². The number of ether oxygens (including phenoxy) is 1. The number of nitriles is 1. The molecule has 0 fully saturated rings. The molecule has 2 aromatic carbocycles. The molecule has 0 N–H and O–H groups in total. The van der Waals surface area contributed by atoms with E-state index in [2.05, 4.69) is 0 Å². The lowest BCUT2D eigenvalue weighted by Gasteiger charge is -2.09. The van der Waals surface area contributed by atoms with Gasteiger partial charge in [-0.15, -0.1) is 0 Å². The van der Waals surface area contributed by atoms with Crippen molar-refractivity contribution in [3.63, 3.8) is 0 Å². The standard InChI is InChI=1S/C14H7ClFNO2/c15-11-2-1-3-13(10(11)8-18)19-14-5-4-9(7-17)6-12(14)16/h1-6,8H. The van der Waals surface area contributed by atoms with Crippen molar-refractivity contribution in [1.82, 2.24) is 0 Å². The largest absolute Gasteiger partial charge is 0.453 e. The van der Waals surface area contributed by atoms with E-state index in [1.54, 1.807) is 6.07 Å². The van der Waals surface area contributed by atoms with Gasteiger partial charge in [-0.25, -0.2) is 4.39 Å². The van der Waals surface area contributed by atoms with Crippen molar-refractivity contribution in [2.24, 2.45) is 0 Å². The lowest BCUT2D eigenvalue weighted by Crippen LogP contribution is -1.94. The van der Waals surface area contributed by atoms with Gasteiger partial charge >= 0.3 is 0 Å². The number of carbonyl (C=O) groups excluding carboxylic acids is 1. The first-order valence-electron chi connectivity index (χ1n) is 5.27. The van der Waals surface area contributed by atoms with Crippen LogP contribution in [-0.2, 0) is 0 Å². The molecule has 0 saturated carbocycles. The van der Waals surface area contributed by atoms with E-state index >= 15 is 0 Å². The van der Waals surface area contributed by atoms with Crippen LogP contribution in [0.5, 0.6) is 11.5 Å². The summed E-state index contributed by atoms with van der Waals surface area (Å²) in [5, 5.41) is 8.86. The smallest absolute Gasteiger partial charge is 0.167 e. The van der Waals surface area contributed by atoms with Crippen molar-refractivity contribution in [2.45, 2.75) is 0 Å². The van der Waals surface area contributed by atoms with Crippen molar-refractivity contribution in [3.05, 3.63) is 58.4 Å². The van der Waals surface area contributed by atoms with E-state index < -0.39 is 5.82 Å². The Labute approximate surface area is 113 Å². The zero-order valence-electron chi connectivity index (χ0n) is 9.56. The van der Waals surface area contributed by atoms with Crippen LogP contribution in [0.1, 0.15) is 15.9 Å². The molecule has 0 aliphatic rings. The van der Waals surface area contributed by atoms with E-state index in [4.69, 9.17) is 21.6 Å². The van der Waals surface area contributed by atoms with E-state index in [-0.39, 0.29) is 27.6 Å². The zero-order chi connectivity index (χ0) is 13.8. The Morgan fingerprint density at radius 3 is 2.68 bits per heavy atom. The van der Waals surface area contributed by atoms with Gasteiger partial charge in [-0.1, -0.05) is 17.7 Å². The highest BCUT2D eigenvalue weighted by Crippen LogP contribution is 2.30. The van der Waals surface area contributed by atoms with Crippen molar-refractivity contribution in [1.29, 1.82) is 5.26 Å². The lowest BCUT2D eigenvalue weighted by molar-refractivity contribution is 0.112. The van der Waals surface area contributed by atoms with Gasteiger partial charge in [-0.3, -0.25) is 4.79 Å². The minimum absolute atomic E-state index is 0.0793. The normalized spacial score (nSPS) is 9.74. The molecule has 19 heavy (non-hydrogen) atoms. The molecule has 0 bridgehead atoms. The number of hydrogen-bond donors (Lipinski definition) is 0. The highest BCUT2D eigenvalue weighted by Gasteiger charge is 2.11. The van der Waals surface area contributed by atoms with Crippen LogP contribution in [-0.4, -0.2) is 6.29 Å². The van der Waals surface area contributed by atoms with Crippen LogP contribution >= 0.6 is 11.6 Å². The summed E-state index contributed by atoms with van der Waals surface area (Å²) in [5.74, 6) is -0.605. The molecule has 0 unspecified atom stereocenters. The van der Waals surface area contributed by atoms with Gasteiger partial charge in [0.05, 0.1) is 22.2 Å². The molecular weight excluding hydrogens is 269 g/mol. The summed E-state index contributed by atoms with van der Waals surface area (Å²) in [4.78, 5) is 10.9. The third kappa shape index (κ3) is 2.72. The Morgan fingerprint density at radius 1 is 1.26 bits per heavy atom. The summed E-state index contributed by atoms with van der Waals surface area (Å²) in [6.45, 7) is 0. The molecule has 0 saturated heterocycles. The van der Waals surface area contributed by atoms with Crippen molar-refractivity contribution in [2.75, 3.05) is 0 Å². The average molecular weight is 276 g/mol. The number of hydrogen-bond acceptors (Lipinski definition) is 3. The minimum atomic E-state index is -0.684. The third-order valence-corrected chi connectivity index (χ3v) is 2.74. The van der Waals surface area contributed by atoms with Crippen molar-refractivity contribution >= 4 is 17.9 Å². The molecule has 0 radical (unpaired) electrons. The second kappa shape index (κ2) is 5.51. The number of carbonyl (C=O) groups is 1. The number of rotatable bonds is 3. The van der Waals surface area contributed by atoms with E-state index in [0.29, 0.717) is 6.29 Å². The maximum Gasteiger partial charge on any atom is 0.167 e. The fourth-order valence-corrected chi connectivity index (χ4v) is 1.70. The summed E-state index contributed by atoms with van der Waals surface area (Å²) < 4.78 is 19.0. The van der Waals surface area contributed by atoms with Gasteiger partial charge in [0, 0.05) is 0 Å². The highest BCUT2D eigenvalue weighted by molar-refractivity contribution is 6.33. The molecule has 0 spiro atoms. The average Bonchev–Trinajstić information content (AvgIpc) is 2.41. The fraction of sp³-hybridized carbons (Fsp3) is 0. The summed E-state index contributed by atoms with van der Waals surface area (Å²) in [5.41, 5.74) is 0.333. The molecule has 0 aromatic heterocycles. The summed E-state index contributed by atoms with van der Waals surface area (Å²) >= 11 is 5.84. The van der Waals surface area contributed by atoms with Gasteiger partial charge in [0.1, 0.15) is 5.75 Å². The molecule has 2 aromatic rings. The number of benzene rings is 2. The molecule has 0 aliphatic carbocycles. The summed E-state index contributed by atoms with van der Waals surface area (Å²) in [6.07, 6.45) is 0.541. The van der Waals surface area contributed by atoms with Gasteiger partial charge in [-0.2, -0.15) is 5.26 Å². The molecule has 0 heterocycles. The predicted molar refractivity (Wildman–Crippen MR) is 68.0 cm³/mol. The molecule has 2 rings (SSSR count). The van der Waals surface area contributed by atoms with Gasteiger partial charge < -0.3 is 4.74 Å². The third-order valence-electron chi connectivity index (χ3n) is 2.41. The Morgan fingerprint density at radius 2 is 2.05 bits per heavy atom. The number of nitrogens with zero attached hydrogens (tertiary/aromatic N) is 1. The zero-order valence-corrected chi connectivity index (χ0v) is 10.3. The second-order valence-corrected chi connectivity index (χ2v) is 4.04. The Balaban J connectivity index is 2.40. The Kier molecular flexibility index (Phi) is 3.79. The Bertz CT molecular complexity index is 680. The first kappa shape index (κ1) is 13.1. The van der Waals surface area contributed by atoms with Crippen LogP contribution in [0.2, 0.25) is 5.02 Å². The fourth-order valence-electron chi connectivity index (χ4n) is 1.49. The monoisotopic (exact) mass is 275 g/mol. The predicted octanol–water partition coefficient (Wildman–Crippen LogP) is 3.96. The maximum atomic E-state index is 13.7. The van der Waals surface area contributed by atoms with E-state index in [0.717, 1.165) is 6.07 Å². The maximum absolute atomic E-state index is 13.7. The quantitative estimate of drug-likeness (QED) is 0.797. The van der Waals surface area contributed by atoms with Crippen LogP contribution < -0.4 is 4.74 Å². The van der Waals surface area contributed by atoms with Crippen LogP contribution in [0.25, 0.3) is 0 Å².